The van der Waals surface area contributed by atoms with Gasteiger partial charge in [-0.1, -0.05) is 24.3 Å². The number of rotatable bonds is 12. The molecule has 14 heteroatoms. The summed E-state index contributed by atoms with van der Waals surface area (Å²) in [5.74, 6) is -1.88. The largest absolute Gasteiger partial charge is 0.489 e. The quantitative estimate of drug-likeness (QED) is 0.200. The number of hydrogen-bond acceptors (Lipinski definition) is 8. The van der Waals surface area contributed by atoms with Crippen molar-refractivity contribution in [2.75, 3.05) is 0 Å². The van der Waals surface area contributed by atoms with Crippen LogP contribution in [0.1, 0.15) is 24.0 Å². The molecule has 0 bridgehead atoms. The number of aromatic nitrogens is 4. The standard InChI is InChI=1S/C35H28F2N6O6/c36-23-5-1-21(2-6-23)17-48-25-9-11-27-29(13-25)40-19-42(33(27)46)35(15-31(38)44,16-32(39)45)43-20-41-30-14-26(10-12-28(30)34(43)47)49-18-22-3-7-24(37)8-4-22/h1-14,19-20H,15-18H2,(H2,38,44)(H2,39,45). The highest BCUT2D eigenvalue weighted by molar-refractivity contribution is 5.82. The normalized spacial score (nSPS) is 11.5. The van der Waals surface area contributed by atoms with Gasteiger partial charge in [-0.05, 0) is 59.7 Å². The van der Waals surface area contributed by atoms with E-state index in [4.69, 9.17) is 20.9 Å². The van der Waals surface area contributed by atoms with E-state index in [2.05, 4.69) is 9.97 Å². The molecule has 4 aromatic carbocycles. The second kappa shape index (κ2) is 13.4. The summed E-state index contributed by atoms with van der Waals surface area (Å²) in [5.41, 5.74) is 9.71. The predicted octanol–water partition coefficient (Wildman–Crippen LogP) is 3.49. The summed E-state index contributed by atoms with van der Waals surface area (Å²) in [5, 5.41) is 0.166. The fourth-order valence-electron chi connectivity index (χ4n) is 5.55. The van der Waals surface area contributed by atoms with Gasteiger partial charge >= 0.3 is 0 Å². The number of primary amides is 2. The Morgan fingerprint density at radius 1 is 0.633 bits per heavy atom. The third-order valence-electron chi connectivity index (χ3n) is 7.91. The van der Waals surface area contributed by atoms with Crippen molar-refractivity contribution in [1.82, 2.24) is 19.1 Å². The lowest BCUT2D eigenvalue weighted by molar-refractivity contribution is -0.124. The van der Waals surface area contributed by atoms with Crippen molar-refractivity contribution in [2.24, 2.45) is 11.5 Å². The van der Waals surface area contributed by atoms with Crippen LogP contribution in [0, 0.1) is 11.6 Å². The van der Waals surface area contributed by atoms with E-state index in [-0.39, 0.29) is 46.7 Å². The monoisotopic (exact) mass is 666 g/mol. The molecule has 0 unspecified atom stereocenters. The van der Waals surface area contributed by atoms with Gasteiger partial charge in [-0.25, -0.2) is 18.7 Å². The van der Waals surface area contributed by atoms with Crippen LogP contribution < -0.4 is 32.1 Å². The zero-order valence-electron chi connectivity index (χ0n) is 25.7. The second-order valence-corrected chi connectivity index (χ2v) is 11.3. The highest BCUT2D eigenvalue weighted by Crippen LogP contribution is 2.28. The molecule has 0 spiro atoms. The number of fused-ring (bicyclic) bond motifs is 2. The van der Waals surface area contributed by atoms with Gasteiger partial charge in [0.25, 0.3) is 11.1 Å². The minimum atomic E-state index is -2.05. The summed E-state index contributed by atoms with van der Waals surface area (Å²) >= 11 is 0. The molecule has 0 radical (unpaired) electrons. The Morgan fingerprint density at radius 2 is 1.02 bits per heavy atom. The molecule has 2 amide bonds. The van der Waals surface area contributed by atoms with E-state index in [1.54, 1.807) is 24.3 Å². The third kappa shape index (κ3) is 6.83. The maximum atomic E-state index is 14.0. The highest BCUT2D eigenvalue weighted by Gasteiger charge is 2.41. The van der Waals surface area contributed by atoms with Gasteiger partial charge in [0.2, 0.25) is 11.8 Å². The lowest BCUT2D eigenvalue weighted by Gasteiger charge is -2.35. The molecule has 12 nitrogen and oxygen atoms in total. The van der Waals surface area contributed by atoms with Crippen LogP contribution in [0.25, 0.3) is 21.8 Å². The van der Waals surface area contributed by atoms with Crippen LogP contribution in [0.3, 0.4) is 0 Å². The Kier molecular flexibility index (Phi) is 8.86. The van der Waals surface area contributed by atoms with Crippen LogP contribution in [0.2, 0.25) is 0 Å². The molecular weight excluding hydrogens is 638 g/mol. The van der Waals surface area contributed by atoms with E-state index >= 15 is 0 Å². The summed E-state index contributed by atoms with van der Waals surface area (Å²) in [6, 6.07) is 20.6. The third-order valence-corrected chi connectivity index (χ3v) is 7.91. The molecule has 4 N–H and O–H groups in total. The van der Waals surface area contributed by atoms with Crippen molar-refractivity contribution in [3.05, 3.63) is 141 Å². The molecule has 6 rings (SSSR count). The molecule has 248 valence electrons. The van der Waals surface area contributed by atoms with Crippen LogP contribution in [0.5, 0.6) is 11.5 Å². The topological polar surface area (TPSA) is 174 Å². The first-order valence-electron chi connectivity index (χ1n) is 14.9. The molecule has 0 fully saturated rings. The van der Waals surface area contributed by atoms with Crippen molar-refractivity contribution >= 4 is 33.6 Å². The highest BCUT2D eigenvalue weighted by atomic mass is 19.1. The Hall–Kier alpha value is -6.44. The van der Waals surface area contributed by atoms with Crippen LogP contribution in [-0.2, 0) is 28.5 Å². The molecule has 6 aromatic rings. The Morgan fingerprint density at radius 3 is 1.39 bits per heavy atom. The van der Waals surface area contributed by atoms with Crippen molar-refractivity contribution in [3.8, 4) is 11.5 Å². The molecule has 2 heterocycles. The van der Waals surface area contributed by atoms with Crippen LogP contribution in [0.4, 0.5) is 8.78 Å². The lowest BCUT2D eigenvalue weighted by Crippen LogP contribution is -2.55. The van der Waals surface area contributed by atoms with Crippen LogP contribution in [0.15, 0.2) is 107 Å². The van der Waals surface area contributed by atoms with Gasteiger partial charge in [0.15, 0.2) is 0 Å². The summed E-state index contributed by atoms with van der Waals surface area (Å²) in [6.07, 6.45) is 0.828. The van der Waals surface area contributed by atoms with Crippen LogP contribution >= 0.6 is 0 Å². The van der Waals surface area contributed by atoms with Crippen molar-refractivity contribution < 1.29 is 27.8 Å². The number of benzene rings is 4. The molecular formula is C35H28F2N6O6. The molecule has 2 aromatic heterocycles. The minimum Gasteiger partial charge on any atom is -0.489 e. The summed E-state index contributed by atoms with van der Waals surface area (Å²) in [6.45, 7) is 0.256. The second-order valence-electron chi connectivity index (χ2n) is 11.3. The first kappa shape index (κ1) is 32.5. The SMILES string of the molecule is NC(=O)CC(CC(N)=O)(n1cnc2cc(OCc3ccc(F)cc3)ccc2c1=O)n1cnc2cc(OCc3ccc(F)cc3)ccc2c1=O. The zero-order valence-corrected chi connectivity index (χ0v) is 25.7. The van der Waals surface area contributed by atoms with Gasteiger partial charge in [-0.2, -0.15) is 0 Å². The van der Waals surface area contributed by atoms with Crippen molar-refractivity contribution in [3.63, 3.8) is 0 Å². The number of halogens is 2. The summed E-state index contributed by atoms with van der Waals surface area (Å²) in [7, 11) is 0. The number of nitrogens with zero attached hydrogens (tertiary/aromatic N) is 4. The fraction of sp³-hybridized carbons (Fsp3) is 0.143. The van der Waals surface area contributed by atoms with Crippen molar-refractivity contribution in [1.29, 1.82) is 0 Å². The number of nitrogens with two attached hydrogens (primary N) is 2. The Labute approximate surface area is 276 Å². The van der Waals surface area contributed by atoms with Gasteiger partial charge in [-0.15, -0.1) is 0 Å². The smallest absolute Gasteiger partial charge is 0.263 e. The van der Waals surface area contributed by atoms with Gasteiger partial charge in [0.1, 0.15) is 54.7 Å². The molecule has 0 saturated heterocycles. The summed E-state index contributed by atoms with van der Waals surface area (Å²) in [4.78, 5) is 61.9. The molecule has 0 saturated carbocycles. The first-order valence-corrected chi connectivity index (χ1v) is 14.9. The molecule has 0 atom stereocenters. The Bertz CT molecular complexity index is 2160. The van der Waals surface area contributed by atoms with E-state index < -0.39 is 41.4 Å². The van der Waals surface area contributed by atoms with Gasteiger partial charge in [-0.3, -0.25) is 28.3 Å². The number of carbonyl (C=O) groups is 2. The zero-order chi connectivity index (χ0) is 34.7. The minimum absolute atomic E-state index is 0.0830. The average Bonchev–Trinajstić information content (AvgIpc) is 3.07. The number of amides is 2. The van der Waals surface area contributed by atoms with E-state index in [1.807, 2.05) is 0 Å². The maximum Gasteiger partial charge on any atom is 0.263 e. The lowest BCUT2D eigenvalue weighted by atomic mass is 9.98. The van der Waals surface area contributed by atoms with E-state index in [0.717, 1.165) is 32.9 Å². The van der Waals surface area contributed by atoms with Crippen molar-refractivity contribution in [2.45, 2.75) is 31.7 Å². The summed E-state index contributed by atoms with van der Waals surface area (Å²) < 4.78 is 40.0. The van der Waals surface area contributed by atoms with Gasteiger partial charge < -0.3 is 20.9 Å². The van der Waals surface area contributed by atoms with Gasteiger partial charge in [0.05, 0.1) is 34.6 Å². The van der Waals surface area contributed by atoms with E-state index in [1.165, 1.54) is 60.7 Å². The molecule has 49 heavy (non-hydrogen) atoms. The number of carbonyl (C=O) groups excluding carboxylic acids is 2. The molecule has 0 aliphatic heterocycles. The predicted molar refractivity (Wildman–Crippen MR) is 174 cm³/mol. The van der Waals surface area contributed by atoms with Gasteiger partial charge in [0, 0.05) is 12.1 Å². The first-order chi connectivity index (χ1) is 23.5. The molecule has 0 aliphatic carbocycles. The number of hydrogen-bond donors (Lipinski definition) is 2. The van der Waals surface area contributed by atoms with E-state index in [9.17, 15) is 28.0 Å². The fourth-order valence-corrected chi connectivity index (χ4v) is 5.55. The maximum absolute atomic E-state index is 14.0. The Balaban J connectivity index is 1.38. The van der Waals surface area contributed by atoms with E-state index in [0.29, 0.717) is 11.5 Å². The average molecular weight is 667 g/mol. The molecule has 0 aliphatic rings. The van der Waals surface area contributed by atoms with Crippen LogP contribution in [-0.4, -0.2) is 30.9 Å². The number of ether oxygens (including phenoxy) is 2.